The first-order chi connectivity index (χ1) is 5.99. The molecule has 2 nitrogen and oxygen atoms in total. The first-order valence-electron chi connectivity index (χ1n) is 3.37. The van der Waals surface area contributed by atoms with Crippen LogP contribution in [0.4, 0.5) is 8.78 Å². The number of alkyl halides is 3. The second kappa shape index (κ2) is 4.15. The zero-order chi connectivity index (χ0) is 9.90. The van der Waals surface area contributed by atoms with Gasteiger partial charge in [0, 0.05) is 0 Å². The van der Waals surface area contributed by atoms with Gasteiger partial charge in [-0.05, 0) is 27.4 Å². The number of rotatable bonds is 3. The molecule has 6 heteroatoms. The third kappa shape index (κ3) is 3.82. The second-order valence-corrected chi connectivity index (χ2v) is 4.38. The minimum absolute atomic E-state index is 0.428. The summed E-state index contributed by atoms with van der Waals surface area (Å²) in [6.45, 7) is -0.705. The maximum absolute atomic E-state index is 12.2. The van der Waals surface area contributed by atoms with Crippen molar-refractivity contribution < 1.29 is 13.6 Å². The lowest BCUT2D eigenvalue weighted by atomic mass is 10.4. The molecule has 0 bridgehead atoms. The molecule has 0 saturated carbocycles. The zero-order valence-corrected chi connectivity index (χ0v) is 8.79. The van der Waals surface area contributed by atoms with E-state index in [1.807, 2.05) is 0 Å². The summed E-state index contributed by atoms with van der Waals surface area (Å²) >= 11 is 3.34. The normalized spacial score (nSPS) is 11.3. The van der Waals surface area contributed by atoms with Gasteiger partial charge in [-0.25, -0.2) is 0 Å². The summed E-state index contributed by atoms with van der Waals surface area (Å²) in [5, 5.41) is 3.81. The smallest absolute Gasteiger partial charge is 0.318 e. The van der Waals surface area contributed by atoms with Gasteiger partial charge in [0.25, 0.3) is 5.91 Å². The third-order valence-corrected chi connectivity index (χ3v) is 2.34. The van der Waals surface area contributed by atoms with Crippen molar-refractivity contribution in [3.63, 3.8) is 0 Å². The fraction of sp³-hybridized carbons (Fsp3) is 0.286. The Morgan fingerprint density at radius 2 is 2.38 bits per heavy atom. The van der Waals surface area contributed by atoms with Crippen LogP contribution in [0, 0.1) is 0 Å². The first-order valence-corrected chi connectivity index (χ1v) is 5.05. The number of hydrogen-bond acceptors (Lipinski definition) is 2. The minimum atomic E-state index is -3.04. The summed E-state index contributed by atoms with van der Waals surface area (Å²) in [5.41, 5.74) is 0. The monoisotopic (exact) mass is 269 g/mol. The number of thiophene rings is 1. The van der Waals surface area contributed by atoms with E-state index in [1.165, 1.54) is 11.3 Å². The van der Waals surface area contributed by atoms with E-state index in [4.69, 9.17) is 0 Å². The van der Waals surface area contributed by atoms with Gasteiger partial charge in [-0.15, -0.1) is 11.3 Å². The zero-order valence-electron chi connectivity index (χ0n) is 6.39. The quantitative estimate of drug-likeness (QED) is 0.840. The van der Waals surface area contributed by atoms with E-state index in [0.717, 1.165) is 0 Å². The summed E-state index contributed by atoms with van der Waals surface area (Å²) in [7, 11) is 0. The minimum Gasteiger partial charge on any atom is -0.344 e. The number of hydrogen-bond donors (Lipinski definition) is 1. The van der Waals surface area contributed by atoms with Crippen LogP contribution in [0.15, 0.2) is 17.5 Å². The van der Waals surface area contributed by atoms with Crippen molar-refractivity contribution >= 4 is 33.2 Å². The van der Waals surface area contributed by atoms with E-state index in [1.54, 1.807) is 17.5 Å². The highest BCUT2D eigenvalue weighted by molar-refractivity contribution is 9.10. The Hall–Kier alpha value is -0.490. The van der Waals surface area contributed by atoms with Crippen LogP contribution >= 0.6 is 27.3 Å². The second-order valence-electron chi connectivity index (χ2n) is 2.28. The number of amides is 1. The molecule has 0 aliphatic heterocycles. The Morgan fingerprint density at radius 1 is 1.69 bits per heavy atom. The number of carbonyl (C=O) groups is 1. The Labute approximate surface area is 86.1 Å². The van der Waals surface area contributed by atoms with Crippen LogP contribution in [0.5, 0.6) is 0 Å². The Bertz CT molecular complexity index is 283. The number of nitrogens with one attached hydrogen (secondary N) is 1. The van der Waals surface area contributed by atoms with Crippen molar-refractivity contribution in [3.8, 4) is 0 Å². The van der Waals surface area contributed by atoms with Crippen LogP contribution in [0.3, 0.4) is 0 Å². The Balaban J connectivity index is 2.44. The third-order valence-electron chi connectivity index (χ3n) is 1.19. The van der Waals surface area contributed by atoms with Crippen molar-refractivity contribution in [3.05, 3.63) is 22.4 Å². The lowest BCUT2D eigenvalue weighted by molar-refractivity contribution is 0.0839. The summed E-state index contributed by atoms with van der Waals surface area (Å²) in [4.78, 5) is 8.48. The van der Waals surface area contributed by atoms with Gasteiger partial charge in [0.2, 0.25) is 0 Å². The lowest BCUT2D eigenvalue weighted by Gasteiger charge is -2.08. The molecule has 0 saturated heterocycles. The average molecular weight is 270 g/mol. The maximum Gasteiger partial charge on any atom is 0.318 e. The Kier molecular flexibility index (Phi) is 3.38. The molecule has 1 amide bonds. The molecule has 0 aliphatic carbocycles. The SMILES string of the molecule is O=C(NCC(F)(F)Br)c1cccs1. The van der Waals surface area contributed by atoms with E-state index in [-0.39, 0.29) is 0 Å². The van der Waals surface area contributed by atoms with E-state index in [2.05, 4.69) is 21.2 Å². The van der Waals surface area contributed by atoms with E-state index in [9.17, 15) is 13.6 Å². The van der Waals surface area contributed by atoms with Gasteiger partial charge in [-0.3, -0.25) is 4.79 Å². The highest BCUT2D eigenvalue weighted by Crippen LogP contribution is 2.20. The highest BCUT2D eigenvalue weighted by atomic mass is 79.9. The van der Waals surface area contributed by atoms with Crippen LogP contribution in [-0.2, 0) is 0 Å². The molecule has 1 N–H and O–H groups in total. The first kappa shape index (κ1) is 10.6. The van der Waals surface area contributed by atoms with Gasteiger partial charge < -0.3 is 5.32 Å². The molecule has 1 aromatic rings. The molecular weight excluding hydrogens is 264 g/mol. The van der Waals surface area contributed by atoms with Crippen LogP contribution in [-0.4, -0.2) is 17.3 Å². The van der Waals surface area contributed by atoms with Crippen molar-refractivity contribution in [1.82, 2.24) is 5.32 Å². The van der Waals surface area contributed by atoms with Crippen molar-refractivity contribution in [2.24, 2.45) is 0 Å². The molecular formula is C7H6BrF2NOS. The molecule has 0 unspecified atom stereocenters. The molecule has 0 spiro atoms. The van der Waals surface area contributed by atoms with Gasteiger partial charge in [-0.2, -0.15) is 8.78 Å². The molecule has 13 heavy (non-hydrogen) atoms. The van der Waals surface area contributed by atoms with E-state index in [0.29, 0.717) is 4.88 Å². The van der Waals surface area contributed by atoms with Crippen molar-refractivity contribution in [1.29, 1.82) is 0 Å². The number of halogens is 3. The van der Waals surface area contributed by atoms with E-state index >= 15 is 0 Å². The standard InChI is InChI=1S/C7H6BrF2NOS/c8-7(9,10)4-11-6(12)5-2-1-3-13-5/h1-3H,4H2,(H,11,12). The molecule has 0 radical (unpaired) electrons. The topological polar surface area (TPSA) is 29.1 Å². The summed E-state index contributed by atoms with van der Waals surface area (Å²) < 4.78 is 24.5. The van der Waals surface area contributed by atoms with Gasteiger partial charge in [0.1, 0.15) is 0 Å². The number of carbonyl (C=O) groups excluding carboxylic acids is 1. The highest BCUT2D eigenvalue weighted by Gasteiger charge is 2.24. The molecule has 1 heterocycles. The molecule has 0 aliphatic rings. The fourth-order valence-corrected chi connectivity index (χ4v) is 1.46. The van der Waals surface area contributed by atoms with Crippen LogP contribution in [0.2, 0.25) is 0 Å². The van der Waals surface area contributed by atoms with Gasteiger partial charge in [0.05, 0.1) is 11.4 Å². The van der Waals surface area contributed by atoms with Crippen LogP contribution in [0.25, 0.3) is 0 Å². The summed E-state index contributed by atoms with van der Waals surface area (Å²) in [6, 6.07) is 3.26. The van der Waals surface area contributed by atoms with Crippen molar-refractivity contribution in [2.45, 2.75) is 4.83 Å². The summed E-state index contributed by atoms with van der Waals surface area (Å²) in [5.74, 6) is -0.478. The predicted molar refractivity (Wildman–Crippen MR) is 50.5 cm³/mol. The van der Waals surface area contributed by atoms with E-state index < -0.39 is 17.3 Å². The van der Waals surface area contributed by atoms with Crippen LogP contribution < -0.4 is 5.32 Å². The van der Waals surface area contributed by atoms with Gasteiger partial charge in [0.15, 0.2) is 0 Å². The van der Waals surface area contributed by atoms with Crippen LogP contribution in [0.1, 0.15) is 9.67 Å². The molecule has 0 fully saturated rings. The molecule has 0 atom stereocenters. The molecule has 0 aromatic carbocycles. The molecule has 72 valence electrons. The predicted octanol–water partition coefficient (Wildman–Crippen LogP) is 2.47. The molecule has 1 aromatic heterocycles. The average Bonchev–Trinajstić information content (AvgIpc) is 2.50. The summed E-state index contributed by atoms with van der Waals surface area (Å²) in [6.07, 6.45) is 0. The fourth-order valence-electron chi connectivity index (χ4n) is 0.675. The van der Waals surface area contributed by atoms with Gasteiger partial charge >= 0.3 is 4.83 Å². The van der Waals surface area contributed by atoms with Gasteiger partial charge in [-0.1, -0.05) is 6.07 Å². The molecule has 1 rings (SSSR count). The Morgan fingerprint density at radius 3 is 2.85 bits per heavy atom. The maximum atomic E-state index is 12.2. The largest absolute Gasteiger partial charge is 0.344 e. The lowest BCUT2D eigenvalue weighted by Crippen LogP contribution is -2.32. The van der Waals surface area contributed by atoms with Crippen molar-refractivity contribution in [2.75, 3.05) is 6.54 Å².